The van der Waals surface area contributed by atoms with E-state index in [0.717, 1.165) is 18.4 Å². The molecule has 4 heterocycles. The predicted molar refractivity (Wildman–Crippen MR) is 168 cm³/mol. The number of hydrogen-bond donors (Lipinski definition) is 1. The highest BCUT2D eigenvalue weighted by molar-refractivity contribution is 7.91. The Bertz CT molecular complexity index is 2040. The number of halogens is 3. The number of nitrogens with zero attached hydrogens (tertiary/aromatic N) is 5. The SMILES string of the molecule is C=C(F)C(=O)N1CCN(c2c(S(C)(=O)=O)c(=S)n(-c3c(C)ccnc3C(C)C)c3nc(-c4c(O)cccc4F)c(F)cc23)CC1. The van der Waals surface area contributed by atoms with Gasteiger partial charge in [-0.05, 0) is 42.7 Å². The summed E-state index contributed by atoms with van der Waals surface area (Å²) in [5.74, 6) is -4.66. The number of carbonyl (C=O) groups excluding carboxylic acids is 1. The van der Waals surface area contributed by atoms with Crippen LogP contribution < -0.4 is 4.90 Å². The maximum Gasteiger partial charge on any atom is 0.282 e. The van der Waals surface area contributed by atoms with Gasteiger partial charge >= 0.3 is 0 Å². The van der Waals surface area contributed by atoms with E-state index in [0.29, 0.717) is 16.9 Å². The Kier molecular flexibility index (Phi) is 8.49. The molecule has 236 valence electrons. The number of aryl methyl sites for hydroxylation is 1. The fourth-order valence-electron chi connectivity index (χ4n) is 5.61. The number of phenolic OH excluding ortho intramolecular Hbond substituents is 1. The van der Waals surface area contributed by atoms with Crippen molar-refractivity contribution in [2.24, 2.45) is 0 Å². The molecule has 9 nitrogen and oxygen atoms in total. The molecule has 1 aromatic carbocycles. The van der Waals surface area contributed by atoms with E-state index < -0.39 is 50.2 Å². The molecule has 45 heavy (non-hydrogen) atoms. The average molecular weight is 658 g/mol. The Morgan fingerprint density at radius 2 is 1.76 bits per heavy atom. The van der Waals surface area contributed by atoms with Crippen LogP contribution in [0.15, 0.2) is 53.8 Å². The van der Waals surface area contributed by atoms with Crippen LogP contribution in [0, 0.1) is 23.2 Å². The second kappa shape index (κ2) is 11.9. The van der Waals surface area contributed by atoms with Gasteiger partial charge in [-0.15, -0.1) is 0 Å². The lowest BCUT2D eigenvalue weighted by Gasteiger charge is -2.37. The van der Waals surface area contributed by atoms with Crippen LogP contribution in [0.4, 0.5) is 18.9 Å². The van der Waals surface area contributed by atoms with Crippen LogP contribution in [-0.4, -0.2) is 71.3 Å². The average Bonchev–Trinajstić information content (AvgIpc) is 2.96. The molecule has 0 bridgehead atoms. The van der Waals surface area contributed by atoms with E-state index in [-0.39, 0.29) is 58.4 Å². The van der Waals surface area contributed by atoms with Gasteiger partial charge in [-0.1, -0.05) is 38.7 Å². The monoisotopic (exact) mass is 657 g/mol. The van der Waals surface area contributed by atoms with E-state index >= 15 is 8.78 Å². The summed E-state index contributed by atoms with van der Waals surface area (Å²) in [6.07, 6.45) is 2.59. The number of anilines is 1. The Balaban J connectivity index is 1.93. The zero-order valence-corrected chi connectivity index (χ0v) is 26.6. The summed E-state index contributed by atoms with van der Waals surface area (Å²) in [6.45, 7) is 8.77. The van der Waals surface area contributed by atoms with Crippen LogP contribution in [0.2, 0.25) is 0 Å². The first kappa shape index (κ1) is 32.1. The van der Waals surface area contributed by atoms with E-state index in [1.807, 2.05) is 13.8 Å². The third kappa shape index (κ3) is 5.68. The molecule has 0 radical (unpaired) electrons. The Morgan fingerprint density at radius 3 is 2.33 bits per heavy atom. The van der Waals surface area contributed by atoms with Gasteiger partial charge in [0, 0.05) is 44.0 Å². The number of hydrogen-bond acceptors (Lipinski definition) is 8. The number of fused-ring (bicyclic) bond motifs is 1. The summed E-state index contributed by atoms with van der Waals surface area (Å²) in [6, 6.07) is 6.27. The van der Waals surface area contributed by atoms with E-state index in [9.17, 15) is 22.7 Å². The van der Waals surface area contributed by atoms with Gasteiger partial charge in [0.05, 0.1) is 22.6 Å². The van der Waals surface area contributed by atoms with Gasteiger partial charge in [0.2, 0.25) is 0 Å². The smallest absolute Gasteiger partial charge is 0.282 e. The van der Waals surface area contributed by atoms with Crippen molar-refractivity contribution in [2.45, 2.75) is 31.6 Å². The van der Waals surface area contributed by atoms with Gasteiger partial charge in [0.1, 0.15) is 32.4 Å². The van der Waals surface area contributed by atoms with Crippen molar-refractivity contribution in [1.29, 1.82) is 0 Å². The molecule has 1 saturated heterocycles. The lowest BCUT2D eigenvalue weighted by molar-refractivity contribution is -0.128. The van der Waals surface area contributed by atoms with Gasteiger partial charge in [0.15, 0.2) is 21.5 Å². The van der Waals surface area contributed by atoms with Crippen LogP contribution in [0.3, 0.4) is 0 Å². The van der Waals surface area contributed by atoms with E-state index in [1.165, 1.54) is 21.6 Å². The van der Waals surface area contributed by atoms with Crippen LogP contribution in [0.1, 0.15) is 31.0 Å². The Morgan fingerprint density at radius 1 is 1.09 bits per heavy atom. The van der Waals surface area contributed by atoms with Gasteiger partial charge in [-0.2, -0.15) is 0 Å². The number of aromatic nitrogens is 3. The molecule has 5 rings (SSSR count). The summed E-state index contributed by atoms with van der Waals surface area (Å²) in [4.78, 5) is 23.9. The lowest BCUT2D eigenvalue weighted by atomic mass is 10.0. The fraction of sp³-hybridized carbons (Fsp3) is 0.290. The maximum absolute atomic E-state index is 16.1. The fourth-order valence-corrected chi connectivity index (χ4v) is 7.34. The molecule has 1 fully saturated rings. The molecular formula is C31H30F3N5O4S2. The molecule has 0 saturated carbocycles. The topological polar surface area (TPSA) is 109 Å². The number of amides is 1. The largest absolute Gasteiger partial charge is 0.507 e. The minimum Gasteiger partial charge on any atom is -0.507 e. The standard InChI is InChI=1S/C31H30F3N5O4S2/c1-16(2)24-26(17(3)9-10-35-24)39-29-19(15-21(34)25(36-29)23-20(33)7-6-8-22(23)40)27(28(31(39)44)45(5,42)43)37-11-13-38(14-12-37)30(41)18(4)32/h6-10,15-16,40H,4,11-14H2,1-3,5H3. The second-order valence-corrected chi connectivity index (χ2v) is 13.5. The minimum absolute atomic E-state index is 0.00454. The van der Waals surface area contributed by atoms with Gasteiger partial charge < -0.3 is 14.9 Å². The van der Waals surface area contributed by atoms with Crippen LogP contribution in [0.25, 0.3) is 28.0 Å². The van der Waals surface area contributed by atoms with Crippen molar-refractivity contribution in [3.63, 3.8) is 0 Å². The predicted octanol–water partition coefficient (Wildman–Crippen LogP) is 5.77. The molecular weight excluding hydrogens is 628 g/mol. The molecule has 1 aliphatic heterocycles. The number of benzene rings is 1. The third-order valence-electron chi connectivity index (χ3n) is 7.67. The first-order chi connectivity index (χ1) is 21.1. The minimum atomic E-state index is -4.11. The maximum atomic E-state index is 16.1. The molecule has 0 aliphatic carbocycles. The highest BCUT2D eigenvalue weighted by Gasteiger charge is 2.32. The molecule has 4 aromatic rings. The Hall–Kier alpha value is -4.30. The lowest BCUT2D eigenvalue weighted by Crippen LogP contribution is -2.49. The normalized spacial score (nSPS) is 14.0. The quantitative estimate of drug-likeness (QED) is 0.206. The van der Waals surface area contributed by atoms with E-state index in [2.05, 4.69) is 16.5 Å². The molecule has 1 amide bonds. The number of phenols is 1. The number of rotatable bonds is 6. The Labute approximate surface area is 263 Å². The van der Waals surface area contributed by atoms with Crippen LogP contribution >= 0.6 is 12.2 Å². The number of piperazine rings is 1. The highest BCUT2D eigenvalue weighted by Crippen LogP contribution is 2.41. The first-order valence-electron chi connectivity index (χ1n) is 13.9. The van der Waals surface area contributed by atoms with Crippen LogP contribution in [-0.2, 0) is 14.6 Å². The first-order valence-corrected chi connectivity index (χ1v) is 16.2. The number of aromatic hydroxyl groups is 1. The molecule has 3 aromatic heterocycles. The molecule has 0 atom stereocenters. The van der Waals surface area contributed by atoms with Crippen molar-refractivity contribution < 1.29 is 31.5 Å². The van der Waals surface area contributed by atoms with E-state index in [1.54, 1.807) is 24.1 Å². The summed E-state index contributed by atoms with van der Waals surface area (Å²) >= 11 is 5.90. The zero-order valence-electron chi connectivity index (χ0n) is 24.9. The van der Waals surface area contributed by atoms with Crippen molar-refractivity contribution in [3.8, 4) is 22.7 Å². The second-order valence-electron chi connectivity index (χ2n) is 11.1. The number of carbonyl (C=O) groups is 1. The van der Waals surface area contributed by atoms with Crippen molar-refractivity contribution in [2.75, 3.05) is 37.3 Å². The van der Waals surface area contributed by atoms with Gasteiger partial charge in [-0.25, -0.2) is 26.6 Å². The van der Waals surface area contributed by atoms with Gasteiger partial charge in [-0.3, -0.25) is 14.3 Å². The summed E-state index contributed by atoms with van der Waals surface area (Å²) in [7, 11) is -4.11. The van der Waals surface area contributed by atoms with Crippen molar-refractivity contribution in [1.82, 2.24) is 19.4 Å². The molecule has 0 unspecified atom stereocenters. The third-order valence-corrected chi connectivity index (χ3v) is 9.32. The number of sulfone groups is 1. The highest BCUT2D eigenvalue weighted by atomic mass is 32.2. The van der Waals surface area contributed by atoms with E-state index in [4.69, 9.17) is 12.2 Å². The molecule has 1 aliphatic rings. The van der Waals surface area contributed by atoms with Crippen LogP contribution in [0.5, 0.6) is 5.75 Å². The summed E-state index contributed by atoms with van der Waals surface area (Å²) in [5, 5.41) is 10.6. The summed E-state index contributed by atoms with van der Waals surface area (Å²) in [5.41, 5.74) is 0.701. The summed E-state index contributed by atoms with van der Waals surface area (Å²) < 4.78 is 73.0. The van der Waals surface area contributed by atoms with Crippen molar-refractivity contribution in [3.05, 3.63) is 76.5 Å². The molecule has 0 spiro atoms. The molecule has 14 heteroatoms. The molecule has 1 N–H and O–H groups in total. The van der Waals surface area contributed by atoms with Gasteiger partial charge in [0.25, 0.3) is 5.91 Å². The zero-order chi connectivity index (χ0) is 33.0. The number of pyridine rings is 3. The van der Waals surface area contributed by atoms with Crippen molar-refractivity contribution >= 4 is 44.7 Å².